The predicted octanol–water partition coefficient (Wildman–Crippen LogP) is 5.59. The molecule has 0 unspecified atom stereocenters. The van der Waals surface area contributed by atoms with Crippen molar-refractivity contribution in [3.05, 3.63) is 83.9 Å². The van der Waals surface area contributed by atoms with Gasteiger partial charge in [-0.15, -0.1) is 0 Å². The van der Waals surface area contributed by atoms with Gasteiger partial charge in [0.1, 0.15) is 0 Å². The second kappa shape index (κ2) is 8.73. The van der Waals surface area contributed by atoms with Crippen molar-refractivity contribution in [3.8, 4) is 0 Å². The van der Waals surface area contributed by atoms with E-state index in [1.54, 1.807) is 24.3 Å². The molecule has 4 N–H and O–H groups in total. The summed E-state index contributed by atoms with van der Waals surface area (Å²) < 4.78 is 0. The maximum Gasteiger partial charge on any atom is 0.323 e. The first-order valence-electron chi connectivity index (χ1n) is 8.87. The van der Waals surface area contributed by atoms with E-state index in [2.05, 4.69) is 21.3 Å². The molecule has 6 nitrogen and oxygen atoms in total. The molecular weight excluding hydrogens is 352 g/mol. The number of nitrogens with one attached hydrogen (secondary N) is 4. The van der Waals surface area contributed by atoms with Crippen LogP contribution in [0.25, 0.3) is 0 Å². The van der Waals surface area contributed by atoms with Crippen LogP contribution in [0.4, 0.5) is 32.3 Å². The number of carbonyl (C=O) groups is 2. The molecule has 0 aliphatic rings. The number of rotatable bonds is 4. The lowest BCUT2D eigenvalue weighted by atomic mass is 10.2. The van der Waals surface area contributed by atoms with Crippen molar-refractivity contribution in [3.63, 3.8) is 0 Å². The molecule has 28 heavy (non-hydrogen) atoms. The maximum absolute atomic E-state index is 12.1. The first-order valence-corrected chi connectivity index (χ1v) is 8.87. The summed E-state index contributed by atoms with van der Waals surface area (Å²) in [6, 6.07) is 21.3. The molecule has 0 saturated heterocycles. The molecule has 142 valence electrons. The number of hydrogen-bond acceptors (Lipinski definition) is 2. The van der Waals surface area contributed by atoms with Crippen molar-refractivity contribution in [2.75, 3.05) is 21.3 Å². The average molecular weight is 374 g/mol. The topological polar surface area (TPSA) is 82.3 Å². The second-order valence-corrected chi connectivity index (χ2v) is 6.47. The van der Waals surface area contributed by atoms with Crippen molar-refractivity contribution in [2.24, 2.45) is 0 Å². The SMILES string of the molecule is Cc1cccc(NC(=O)Nc2ccc(NC(=O)Nc3cccc(C)c3)cc2)c1. The molecule has 3 aromatic carbocycles. The van der Waals surface area contributed by atoms with Crippen molar-refractivity contribution < 1.29 is 9.59 Å². The van der Waals surface area contributed by atoms with E-state index in [0.29, 0.717) is 11.4 Å². The minimum absolute atomic E-state index is 0.330. The van der Waals surface area contributed by atoms with E-state index in [9.17, 15) is 9.59 Å². The molecule has 0 fully saturated rings. The van der Waals surface area contributed by atoms with Crippen LogP contribution >= 0.6 is 0 Å². The molecule has 4 amide bonds. The standard InChI is InChI=1S/C22H22N4O2/c1-15-5-3-7-19(13-15)25-21(27)23-17-9-11-18(12-10-17)24-22(28)26-20-8-4-6-16(2)14-20/h3-14H,1-2H3,(H2,23,25,27)(H2,24,26,28). The van der Waals surface area contributed by atoms with Gasteiger partial charge >= 0.3 is 12.1 Å². The monoisotopic (exact) mass is 374 g/mol. The van der Waals surface area contributed by atoms with Crippen LogP contribution in [0.15, 0.2) is 72.8 Å². The Kier molecular flexibility index (Phi) is 5.91. The van der Waals surface area contributed by atoms with E-state index >= 15 is 0 Å². The van der Waals surface area contributed by atoms with Crippen molar-refractivity contribution in [1.82, 2.24) is 0 Å². The molecule has 0 spiro atoms. The third-order valence-electron chi connectivity index (χ3n) is 3.95. The van der Waals surface area contributed by atoms with Gasteiger partial charge in [0.25, 0.3) is 0 Å². The van der Waals surface area contributed by atoms with E-state index in [0.717, 1.165) is 22.5 Å². The summed E-state index contributed by atoms with van der Waals surface area (Å²) in [7, 11) is 0. The van der Waals surface area contributed by atoms with Gasteiger partial charge in [0.15, 0.2) is 0 Å². The Balaban J connectivity index is 1.52. The van der Waals surface area contributed by atoms with Crippen LogP contribution in [0.5, 0.6) is 0 Å². The van der Waals surface area contributed by atoms with Gasteiger partial charge < -0.3 is 21.3 Å². The molecular formula is C22H22N4O2. The van der Waals surface area contributed by atoms with Gasteiger partial charge in [0.2, 0.25) is 0 Å². The lowest BCUT2D eigenvalue weighted by Crippen LogP contribution is -2.20. The fourth-order valence-corrected chi connectivity index (χ4v) is 2.67. The number of aryl methyl sites for hydroxylation is 2. The third kappa shape index (κ3) is 5.60. The molecule has 3 aromatic rings. The van der Waals surface area contributed by atoms with E-state index in [-0.39, 0.29) is 12.1 Å². The van der Waals surface area contributed by atoms with Gasteiger partial charge in [-0.3, -0.25) is 0 Å². The van der Waals surface area contributed by atoms with Gasteiger partial charge in [-0.25, -0.2) is 9.59 Å². The zero-order valence-corrected chi connectivity index (χ0v) is 15.7. The number of carbonyl (C=O) groups excluding carboxylic acids is 2. The van der Waals surface area contributed by atoms with Crippen molar-refractivity contribution >= 4 is 34.8 Å². The number of urea groups is 2. The minimum Gasteiger partial charge on any atom is -0.308 e. The van der Waals surface area contributed by atoms with E-state index < -0.39 is 0 Å². The highest BCUT2D eigenvalue weighted by atomic mass is 16.2. The molecule has 3 rings (SSSR count). The summed E-state index contributed by atoms with van der Waals surface area (Å²) in [4.78, 5) is 24.2. The number of benzene rings is 3. The first-order chi connectivity index (χ1) is 13.5. The number of anilines is 4. The van der Waals surface area contributed by atoms with Crippen LogP contribution in [-0.2, 0) is 0 Å². The third-order valence-corrected chi connectivity index (χ3v) is 3.95. The lowest BCUT2D eigenvalue weighted by molar-refractivity contribution is 0.261. The predicted molar refractivity (Wildman–Crippen MR) is 114 cm³/mol. The Morgan fingerprint density at radius 2 is 0.893 bits per heavy atom. The van der Waals surface area contributed by atoms with E-state index in [4.69, 9.17) is 0 Å². The van der Waals surface area contributed by atoms with Gasteiger partial charge in [0.05, 0.1) is 0 Å². The Hall–Kier alpha value is -3.80. The molecule has 0 heterocycles. The quantitative estimate of drug-likeness (QED) is 0.480. The molecule has 0 bridgehead atoms. The highest BCUT2D eigenvalue weighted by Gasteiger charge is 2.05. The highest BCUT2D eigenvalue weighted by Crippen LogP contribution is 2.16. The lowest BCUT2D eigenvalue weighted by Gasteiger charge is -2.10. The van der Waals surface area contributed by atoms with Crippen LogP contribution in [0.1, 0.15) is 11.1 Å². The number of amides is 4. The van der Waals surface area contributed by atoms with Gasteiger partial charge in [0, 0.05) is 22.7 Å². The van der Waals surface area contributed by atoms with Gasteiger partial charge in [-0.2, -0.15) is 0 Å². The normalized spacial score (nSPS) is 10.1. The molecule has 0 saturated carbocycles. The fourth-order valence-electron chi connectivity index (χ4n) is 2.67. The second-order valence-electron chi connectivity index (χ2n) is 6.47. The Labute approximate surface area is 164 Å². The Bertz CT molecular complexity index is 903. The summed E-state index contributed by atoms with van der Waals surface area (Å²) in [5.41, 5.74) is 4.83. The van der Waals surface area contributed by atoms with Crippen LogP contribution in [-0.4, -0.2) is 12.1 Å². The molecule has 0 aliphatic heterocycles. The largest absolute Gasteiger partial charge is 0.323 e. The highest BCUT2D eigenvalue weighted by molar-refractivity contribution is 6.01. The molecule has 0 atom stereocenters. The van der Waals surface area contributed by atoms with Crippen LogP contribution in [0.2, 0.25) is 0 Å². The fraction of sp³-hybridized carbons (Fsp3) is 0.0909. The Morgan fingerprint density at radius 3 is 1.25 bits per heavy atom. The van der Waals surface area contributed by atoms with Crippen LogP contribution in [0.3, 0.4) is 0 Å². The smallest absolute Gasteiger partial charge is 0.308 e. The molecule has 0 radical (unpaired) electrons. The summed E-state index contributed by atoms with van der Waals surface area (Å²) >= 11 is 0. The summed E-state index contributed by atoms with van der Waals surface area (Å²) in [6.07, 6.45) is 0. The van der Waals surface area contributed by atoms with E-state index in [1.165, 1.54) is 0 Å². The maximum atomic E-state index is 12.1. The molecule has 6 heteroatoms. The average Bonchev–Trinajstić information content (AvgIpc) is 2.63. The van der Waals surface area contributed by atoms with Crippen LogP contribution < -0.4 is 21.3 Å². The van der Waals surface area contributed by atoms with Gasteiger partial charge in [-0.05, 0) is 73.5 Å². The van der Waals surface area contributed by atoms with Gasteiger partial charge in [-0.1, -0.05) is 24.3 Å². The summed E-state index contributed by atoms with van der Waals surface area (Å²) in [5, 5.41) is 11.1. The Morgan fingerprint density at radius 1 is 0.536 bits per heavy atom. The summed E-state index contributed by atoms with van der Waals surface area (Å²) in [5.74, 6) is 0. The molecule has 0 aromatic heterocycles. The zero-order valence-electron chi connectivity index (χ0n) is 15.7. The van der Waals surface area contributed by atoms with Crippen molar-refractivity contribution in [1.29, 1.82) is 0 Å². The number of hydrogen-bond donors (Lipinski definition) is 4. The minimum atomic E-state index is -0.330. The first kappa shape index (κ1) is 19.0. The molecule has 0 aliphatic carbocycles. The summed E-state index contributed by atoms with van der Waals surface area (Å²) in [6.45, 7) is 3.92. The zero-order chi connectivity index (χ0) is 19.9. The van der Waals surface area contributed by atoms with E-state index in [1.807, 2.05) is 62.4 Å². The van der Waals surface area contributed by atoms with Crippen LogP contribution in [0, 0.1) is 13.8 Å². The van der Waals surface area contributed by atoms with Crippen molar-refractivity contribution in [2.45, 2.75) is 13.8 Å².